The Balaban J connectivity index is 1.89. The highest BCUT2D eigenvalue weighted by molar-refractivity contribution is 5.37. The molecule has 0 aromatic heterocycles. The molecule has 17 heavy (non-hydrogen) atoms. The van der Waals surface area contributed by atoms with Gasteiger partial charge in [0, 0.05) is 6.54 Å². The van der Waals surface area contributed by atoms with Gasteiger partial charge in [-0.25, -0.2) is 4.39 Å². The van der Waals surface area contributed by atoms with Gasteiger partial charge >= 0.3 is 0 Å². The second kappa shape index (κ2) is 5.79. The molecule has 0 saturated heterocycles. The number of nitrogens with zero attached hydrogens (tertiary/aromatic N) is 1. The summed E-state index contributed by atoms with van der Waals surface area (Å²) in [6.07, 6.45) is 5.24. The summed E-state index contributed by atoms with van der Waals surface area (Å²) in [6.45, 7) is 1.55. The quantitative estimate of drug-likeness (QED) is 0.866. The molecule has 0 radical (unpaired) electrons. The first-order valence-electron chi connectivity index (χ1n) is 6.19. The third kappa shape index (κ3) is 3.28. The highest BCUT2D eigenvalue weighted by Gasteiger charge is 2.14. The largest absolute Gasteiger partial charge is 0.312 e. The fraction of sp³-hybridized carbons (Fsp3) is 0.500. The van der Waals surface area contributed by atoms with Gasteiger partial charge < -0.3 is 5.32 Å². The number of benzene rings is 1. The molecule has 0 atom stereocenters. The van der Waals surface area contributed by atoms with Crippen LogP contribution < -0.4 is 5.32 Å². The lowest BCUT2D eigenvalue weighted by Gasteiger charge is -2.11. The first kappa shape index (κ1) is 12.1. The lowest BCUT2D eigenvalue weighted by atomic mass is 10.1. The van der Waals surface area contributed by atoms with Gasteiger partial charge in [-0.05, 0) is 49.1 Å². The maximum absolute atomic E-state index is 13.1. The van der Waals surface area contributed by atoms with Crippen LogP contribution in [-0.2, 0) is 6.54 Å². The molecule has 1 aliphatic rings. The molecule has 0 bridgehead atoms. The first-order chi connectivity index (χ1) is 8.29. The van der Waals surface area contributed by atoms with Crippen LogP contribution in [0.1, 0.15) is 36.8 Å². The van der Waals surface area contributed by atoms with Crippen molar-refractivity contribution in [2.45, 2.75) is 32.2 Å². The minimum absolute atomic E-state index is 0.276. The van der Waals surface area contributed by atoms with Crippen LogP contribution in [0.15, 0.2) is 18.2 Å². The van der Waals surface area contributed by atoms with Crippen LogP contribution in [-0.4, -0.2) is 6.54 Å². The van der Waals surface area contributed by atoms with Crippen molar-refractivity contribution in [3.05, 3.63) is 35.1 Å². The van der Waals surface area contributed by atoms with E-state index in [1.807, 2.05) is 0 Å². The van der Waals surface area contributed by atoms with Crippen molar-refractivity contribution in [3.8, 4) is 6.07 Å². The van der Waals surface area contributed by atoms with Gasteiger partial charge in [-0.15, -0.1) is 0 Å². The van der Waals surface area contributed by atoms with E-state index in [0.29, 0.717) is 12.1 Å². The van der Waals surface area contributed by atoms with Crippen LogP contribution in [0.3, 0.4) is 0 Å². The number of nitrogens with one attached hydrogen (secondary N) is 1. The zero-order valence-corrected chi connectivity index (χ0v) is 9.88. The summed E-state index contributed by atoms with van der Waals surface area (Å²) in [5.41, 5.74) is 1.32. The summed E-state index contributed by atoms with van der Waals surface area (Å²) >= 11 is 0. The van der Waals surface area contributed by atoms with E-state index < -0.39 is 0 Å². The minimum atomic E-state index is -0.276. The zero-order chi connectivity index (χ0) is 12.1. The number of halogens is 1. The van der Waals surface area contributed by atoms with Crippen molar-refractivity contribution in [1.29, 1.82) is 5.26 Å². The second-order valence-corrected chi connectivity index (χ2v) is 4.69. The van der Waals surface area contributed by atoms with Gasteiger partial charge in [-0.1, -0.05) is 12.8 Å². The Hall–Kier alpha value is -1.40. The van der Waals surface area contributed by atoms with Crippen LogP contribution >= 0.6 is 0 Å². The summed E-state index contributed by atoms with van der Waals surface area (Å²) in [5, 5.41) is 12.2. The lowest BCUT2D eigenvalue weighted by molar-refractivity contribution is 0.488. The van der Waals surface area contributed by atoms with Crippen molar-refractivity contribution < 1.29 is 4.39 Å². The topological polar surface area (TPSA) is 35.8 Å². The average molecular weight is 232 g/mol. The molecule has 0 heterocycles. The van der Waals surface area contributed by atoms with Crippen LogP contribution in [0.25, 0.3) is 0 Å². The zero-order valence-electron chi connectivity index (χ0n) is 9.88. The Morgan fingerprint density at radius 3 is 2.82 bits per heavy atom. The van der Waals surface area contributed by atoms with Crippen LogP contribution in [0.4, 0.5) is 4.39 Å². The van der Waals surface area contributed by atoms with Crippen molar-refractivity contribution >= 4 is 0 Å². The van der Waals surface area contributed by atoms with E-state index in [1.165, 1.54) is 37.8 Å². The molecule has 0 aliphatic heterocycles. The SMILES string of the molecule is N#Cc1ccc(F)cc1CNCC1CCCC1. The van der Waals surface area contributed by atoms with Crippen LogP contribution in [0.5, 0.6) is 0 Å². The third-order valence-electron chi connectivity index (χ3n) is 3.41. The molecule has 1 aromatic rings. The maximum Gasteiger partial charge on any atom is 0.123 e. The molecule has 2 rings (SSSR count). The molecule has 0 spiro atoms. The number of hydrogen-bond donors (Lipinski definition) is 1. The molecule has 2 nitrogen and oxygen atoms in total. The summed E-state index contributed by atoms with van der Waals surface area (Å²) in [6, 6.07) is 6.42. The molecule has 0 unspecified atom stereocenters. The average Bonchev–Trinajstić information content (AvgIpc) is 2.82. The highest BCUT2D eigenvalue weighted by Crippen LogP contribution is 2.23. The Morgan fingerprint density at radius 1 is 1.35 bits per heavy atom. The van der Waals surface area contributed by atoms with E-state index in [-0.39, 0.29) is 5.82 Å². The van der Waals surface area contributed by atoms with Gasteiger partial charge in [0.1, 0.15) is 5.82 Å². The van der Waals surface area contributed by atoms with Gasteiger partial charge in [0.05, 0.1) is 11.6 Å². The third-order valence-corrected chi connectivity index (χ3v) is 3.41. The van der Waals surface area contributed by atoms with Gasteiger partial charge in [0.25, 0.3) is 0 Å². The van der Waals surface area contributed by atoms with Gasteiger partial charge in [-0.2, -0.15) is 5.26 Å². The van der Waals surface area contributed by atoms with Crippen molar-refractivity contribution in [1.82, 2.24) is 5.32 Å². The molecule has 1 fully saturated rings. The number of rotatable bonds is 4. The Labute approximate surface area is 101 Å². The molecule has 1 N–H and O–H groups in total. The van der Waals surface area contributed by atoms with Crippen LogP contribution in [0.2, 0.25) is 0 Å². The predicted octanol–water partition coefficient (Wildman–Crippen LogP) is 2.98. The Kier molecular flexibility index (Phi) is 4.11. The Bertz CT molecular complexity index is 417. The molecule has 1 aliphatic carbocycles. The fourth-order valence-electron chi connectivity index (χ4n) is 2.44. The molecule has 1 aromatic carbocycles. The molecule has 0 amide bonds. The Morgan fingerprint density at radius 2 is 2.12 bits per heavy atom. The van der Waals surface area contributed by atoms with Gasteiger partial charge in [0.2, 0.25) is 0 Å². The van der Waals surface area contributed by atoms with E-state index in [4.69, 9.17) is 5.26 Å². The summed E-state index contributed by atoms with van der Waals surface area (Å²) in [4.78, 5) is 0. The molecular formula is C14H17FN2. The van der Waals surface area contributed by atoms with Crippen molar-refractivity contribution in [3.63, 3.8) is 0 Å². The van der Waals surface area contributed by atoms with E-state index in [1.54, 1.807) is 6.07 Å². The molecular weight excluding hydrogens is 215 g/mol. The number of nitriles is 1. The van der Waals surface area contributed by atoms with Gasteiger partial charge in [0.15, 0.2) is 0 Å². The van der Waals surface area contributed by atoms with Crippen molar-refractivity contribution in [2.75, 3.05) is 6.54 Å². The summed E-state index contributed by atoms with van der Waals surface area (Å²) in [5.74, 6) is 0.482. The minimum Gasteiger partial charge on any atom is -0.312 e. The molecule has 1 saturated carbocycles. The fourth-order valence-corrected chi connectivity index (χ4v) is 2.44. The molecule has 3 heteroatoms. The van der Waals surface area contributed by atoms with E-state index in [2.05, 4.69) is 11.4 Å². The maximum atomic E-state index is 13.1. The standard InChI is InChI=1S/C14H17FN2/c15-14-6-5-12(8-16)13(7-14)10-17-9-11-3-1-2-4-11/h5-7,11,17H,1-4,9-10H2. The monoisotopic (exact) mass is 232 g/mol. The smallest absolute Gasteiger partial charge is 0.123 e. The second-order valence-electron chi connectivity index (χ2n) is 4.69. The van der Waals surface area contributed by atoms with Crippen LogP contribution in [0, 0.1) is 23.1 Å². The number of hydrogen-bond acceptors (Lipinski definition) is 2. The van der Waals surface area contributed by atoms with Gasteiger partial charge in [-0.3, -0.25) is 0 Å². The van der Waals surface area contributed by atoms with E-state index in [9.17, 15) is 4.39 Å². The lowest BCUT2D eigenvalue weighted by Crippen LogP contribution is -2.21. The van der Waals surface area contributed by atoms with E-state index >= 15 is 0 Å². The molecule has 90 valence electrons. The van der Waals surface area contributed by atoms with Crippen molar-refractivity contribution in [2.24, 2.45) is 5.92 Å². The first-order valence-corrected chi connectivity index (χ1v) is 6.19. The normalized spacial score (nSPS) is 16.0. The predicted molar refractivity (Wildman–Crippen MR) is 64.8 cm³/mol. The summed E-state index contributed by atoms with van der Waals surface area (Å²) in [7, 11) is 0. The van der Waals surface area contributed by atoms with E-state index in [0.717, 1.165) is 18.0 Å². The summed E-state index contributed by atoms with van der Waals surface area (Å²) < 4.78 is 13.1. The highest BCUT2D eigenvalue weighted by atomic mass is 19.1.